The average molecular weight is 224 g/mol. The smallest absolute Gasteiger partial charge is 0.284 e. The van der Waals surface area contributed by atoms with E-state index in [4.69, 9.17) is 4.52 Å². The van der Waals surface area contributed by atoms with Crippen LogP contribution in [0, 0.1) is 0 Å². The highest BCUT2D eigenvalue weighted by atomic mass is 31.2. The van der Waals surface area contributed by atoms with Crippen LogP contribution in [0.5, 0.6) is 0 Å². The van der Waals surface area contributed by atoms with Gasteiger partial charge in [0.2, 0.25) is 0 Å². The molecule has 0 heterocycles. The molecule has 1 aliphatic rings. The second kappa shape index (κ2) is 5.84. The SMILES string of the molecule is CCOP(=O)(F)OC1CCCCCC1. The highest BCUT2D eigenvalue weighted by Gasteiger charge is 2.28. The van der Waals surface area contributed by atoms with Crippen LogP contribution in [0.15, 0.2) is 0 Å². The van der Waals surface area contributed by atoms with Crippen molar-refractivity contribution in [1.82, 2.24) is 0 Å². The third-order valence-corrected chi connectivity index (χ3v) is 3.48. The van der Waals surface area contributed by atoms with Crippen molar-refractivity contribution in [2.24, 2.45) is 0 Å². The summed E-state index contributed by atoms with van der Waals surface area (Å²) in [6.07, 6.45) is 5.73. The summed E-state index contributed by atoms with van der Waals surface area (Å²) in [5.41, 5.74) is 0. The summed E-state index contributed by atoms with van der Waals surface area (Å²) < 4.78 is 33.5. The quantitative estimate of drug-likeness (QED) is 0.537. The topological polar surface area (TPSA) is 35.5 Å². The van der Waals surface area contributed by atoms with Crippen LogP contribution in [0.2, 0.25) is 0 Å². The Balaban J connectivity index is 2.37. The number of hydrogen-bond acceptors (Lipinski definition) is 3. The summed E-state index contributed by atoms with van der Waals surface area (Å²) >= 11 is 0. The predicted octanol–water partition coefficient (Wildman–Crippen LogP) is 3.84. The molecule has 0 aliphatic heterocycles. The zero-order valence-electron chi connectivity index (χ0n) is 8.58. The first-order valence-corrected chi connectivity index (χ1v) is 6.70. The fourth-order valence-corrected chi connectivity index (χ4v) is 2.65. The van der Waals surface area contributed by atoms with Crippen LogP contribution < -0.4 is 0 Å². The van der Waals surface area contributed by atoms with Crippen molar-refractivity contribution >= 4 is 7.91 Å². The molecule has 84 valence electrons. The highest BCUT2D eigenvalue weighted by molar-refractivity contribution is 7.48. The van der Waals surface area contributed by atoms with Gasteiger partial charge >= 0.3 is 7.91 Å². The van der Waals surface area contributed by atoms with E-state index in [9.17, 15) is 8.76 Å². The Morgan fingerprint density at radius 2 is 1.86 bits per heavy atom. The van der Waals surface area contributed by atoms with Gasteiger partial charge in [-0.25, -0.2) is 4.57 Å². The average Bonchev–Trinajstić information content (AvgIpc) is 2.31. The fraction of sp³-hybridized carbons (Fsp3) is 1.00. The lowest BCUT2D eigenvalue weighted by molar-refractivity contribution is 0.116. The molecule has 1 saturated carbocycles. The molecule has 0 aromatic rings. The molecule has 5 heteroatoms. The first-order chi connectivity index (χ1) is 6.64. The van der Waals surface area contributed by atoms with Crippen LogP contribution >= 0.6 is 7.91 Å². The zero-order valence-corrected chi connectivity index (χ0v) is 9.47. The Morgan fingerprint density at radius 1 is 1.29 bits per heavy atom. The zero-order chi connectivity index (χ0) is 10.4. The minimum absolute atomic E-state index is 0.0838. The summed E-state index contributed by atoms with van der Waals surface area (Å²) in [7, 11) is -4.28. The van der Waals surface area contributed by atoms with Crippen molar-refractivity contribution in [1.29, 1.82) is 0 Å². The molecule has 1 atom stereocenters. The maximum Gasteiger partial charge on any atom is 0.513 e. The van der Waals surface area contributed by atoms with E-state index in [1.54, 1.807) is 6.92 Å². The summed E-state index contributed by atoms with van der Waals surface area (Å²) in [6.45, 7) is 1.68. The molecule has 0 aromatic heterocycles. The lowest BCUT2D eigenvalue weighted by atomic mass is 10.2. The molecule has 1 fully saturated rings. The van der Waals surface area contributed by atoms with Gasteiger partial charge in [-0.15, -0.1) is 4.20 Å². The molecule has 0 radical (unpaired) electrons. The maximum absolute atomic E-state index is 13.1. The van der Waals surface area contributed by atoms with Gasteiger partial charge in [-0.05, 0) is 19.8 Å². The van der Waals surface area contributed by atoms with Gasteiger partial charge in [0.1, 0.15) is 0 Å². The van der Waals surface area contributed by atoms with Gasteiger partial charge < -0.3 is 0 Å². The van der Waals surface area contributed by atoms with E-state index >= 15 is 0 Å². The second-order valence-corrected chi connectivity index (χ2v) is 4.90. The Hall–Kier alpha value is 0.0800. The molecule has 0 spiro atoms. The standard InChI is InChI=1S/C9H18FO3P/c1-2-12-14(10,11)13-9-7-5-3-4-6-8-9/h9H,2-8H2,1H3. The fourth-order valence-electron chi connectivity index (χ4n) is 1.71. The van der Waals surface area contributed by atoms with Gasteiger partial charge in [0, 0.05) is 0 Å². The largest absolute Gasteiger partial charge is 0.513 e. The maximum atomic E-state index is 13.1. The Kier molecular flexibility index (Phi) is 5.07. The van der Waals surface area contributed by atoms with E-state index in [0.717, 1.165) is 38.5 Å². The Morgan fingerprint density at radius 3 is 2.36 bits per heavy atom. The van der Waals surface area contributed by atoms with E-state index in [-0.39, 0.29) is 12.7 Å². The normalized spacial score (nSPS) is 24.1. The molecule has 0 amide bonds. The lowest BCUT2D eigenvalue weighted by Crippen LogP contribution is -2.09. The first-order valence-electron chi connectivity index (χ1n) is 5.26. The molecular formula is C9H18FO3P. The van der Waals surface area contributed by atoms with E-state index in [1.807, 2.05) is 0 Å². The van der Waals surface area contributed by atoms with E-state index in [2.05, 4.69) is 4.52 Å². The van der Waals surface area contributed by atoms with Crippen LogP contribution in [0.4, 0.5) is 4.20 Å². The van der Waals surface area contributed by atoms with Gasteiger partial charge in [-0.2, -0.15) is 0 Å². The minimum atomic E-state index is -4.28. The van der Waals surface area contributed by atoms with Crippen LogP contribution in [0.3, 0.4) is 0 Å². The molecule has 14 heavy (non-hydrogen) atoms. The third-order valence-electron chi connectivity index (χ3n) is 2.36. The van der Waals surface area contributed by atoms with Gasteiger partial charge in [0.25, 0.3) is 0 Å². The lowest BCUT2D eigenvalue weighted by Gasteiger charge is -2.16. The molecule has 1 unspecified atom stereocenters. The minimum Gasteiger partial charge on any atom is -0.284 e. The first kappa shape index (κ1) is 12.2. The van der Waals surface area contributed by atoms with Crippen molar-refractivity contribution in [2.75, 3.05) is 6.61 Å². The van der Waals surface area contributed by atoms with E-state index in [1.165, 1.54) is 0 Å². The van der Waals surface area contributed by atoms with Crippen LogP contribution in [-0.2, 0) is 13.6 Å². The van der Waals surface area contributed by atoms with Crippen LogP contribution in [-0.4, -0.2) is 12.7 Å². The molecule has 1 rings (SSSR count). The van der Waals surface area contributed by atoms with Crippen LogP contribution in [0.1, 0.15) is 45.4 Å². The Bertz CT molecular complexity index is 202. The summed E-state index contributed by atoms with van der Waals surface area (Å²) in [5.74, 6) is 0. The van der Waals surface area contributed by atoms with Gasteiger partial charge in [0.15, 0.2) is 0 Å². The molecular weight excluding hydrogens is 206 g/mol. The number of hydrogen-bond donors (Lipinski definition) is 0. The van der Waals surface area contributed by atoms with Crippen molar-refractivity contribution in [3.05, 3.63) is 0 Å². The number of rotatable bonds is 4. The van der Waals surface area contributed by atoms with Gasteiger partial charge in [-0.1, -0.05) is 25.7 Å². The molecule has 3 nitrogen and oxygen atoms in total. The highest BCUT2D eigenvalue weighted by Crippen LogP contribution is 2.52. The number of halogens is 1. The monoisotopic (exact) mass is 224 g/mol. The second-order valence-electron chi connectivity index (χ2n) is 3.57. The van der Waals surface area contributed by atoms with Gasteiger partial charge in [0.05, 0.1) is 12.7 Å². The van der Waals surface area contributed by atoms with E-state index in [0.29, 0.717) is 0 Å². The van der Waals surface area contributed by atoms with Crippen molar-refractivity contribution in [2.45, 2.75) is 51.6 Å². The summed E-state index contributed by atoms with van der Waals surface area (Å²) in [5, 5.41) is 0. The summed E-state index contributed by atoms with van der Waals surface area (Å²) in [6, 6.07) is 0. The van der Waals surface area contributed by atoms with Crippen LogP contribution in [0.25, 0.3) is 0 Å². The van der Waals surface area contributed by atoms with Crippen molar-refractivity contribution in [3.8, 4) is 0 Å². The Labute approximate surface area is 84.6 Å². The van der Waals surface area contributed by atoms with Crippen molar-refractivity contribution < 1.29 is 17.8 Å². The molecule has 0 bridgehead atoms. The molecule has 0 N–H and O–H groups in total. The van der Waals surface area contributed by atoms with Gasteiger partial charge in [-0.3, -0.25) is 9.05 Å². The van der Waals surface area contributed by atoms with E-state index < -0.39 is 7.91 Å². The third kappa shape index (κ3) is 4.54. The molecule has 0 saturated heterocycles. The molecule has 1 aliphatic carbocycles. The molecule has 0 aromatic carbocycles. The van der Waals surface area contributed by atoms with Crippen molar-refractivity contribution in [3.63, 3.8) is 0 Å². The predicted molar refractivity (Wildman–Crippen MR) is 52.9 cm³/mol. The summed E-state index contributed by atoms with van der Waals surface area (Å²) in [4.78, 5) is 0.